The van der Waals surface area contributed by atoms with Gasteiger partial charge in [0.2, 0.25) is 5.91 Å². The van der Waals surface area contributed by atoms with Crippen LogP contribution in [0.15, 0.2) is 24.3 Å². The fourth-order valence-electron chi connectivity index (χ4n) is 2.74. The second-order valence-corrected chi connectivity index (χ2v) is 5.84. The number of amides is 2. The molecule has 1 saturated carbocycles. The highest BCUT2D eigenvalue weighted by atomic mass is 16.2. The number of rotatable bonds is 4. The summed E-state index contributed by atoms with van der Waals surface area (Å²) < 4.78 is 0. The molecule has 2 amide bonds. The van der Waals surface area contributed by atoms with Crippen molar-refractivity contribution in [2.75, 3.05) is 12.3 Å². The van der Waals surface area contributed by atoms with Crippen LogP contribution < -0.4 is 16.4 Å². The van der Waals surface area contributed by atoms with Crippen LogP contribution >= 0.6 is 0 Å². The van der Waals surface area contributed by atoms with E-state index in [0.717, 1.165) is 19.3 Å². The van der Waals surface area contributed by atoms with Crippen molar-refractivity contribution in [1.82, 2.24) is 10.6 Å². The molecule has 1 fully saturated rings. The van der Waals surface area contributed by atoms with Gasteiger partial charge in [0.25, 0.3) is 5.91 Å². The highest BCUT2D eigenvalue weighted by Crippen LogP contribution is 2.23. The Morgan fingerprint density at radius 2 is 1.95 bits per heavy atom. The lowest BCUT2D eigenvalue weighted by Gasteiger charge is -2.27. The standard InChI is InChI=1S/C16H23N3O2/c1-11-3-2-4-14(9-11)19-15(20)10-18-16(21)12-5-7-13(17)8-6-12/h5-8,11,14H,2-4,9-10,17H2,1H3,(H,18,21)(H,19,20). The maximum atomic E-state index is 11.9. The smallest absolute Gasteiger partial charge is 0.251 e. The van der Waals surface area contributed by atoms with Crippen LogP contribution in [0.25, 0.3) is 0 Å². The first kappa shape index (κ1) is 15.4. The van der Waals surface area contributed by atoms with Gasteiger partial charge in [-0.2, -0.15) is 0 Å². The highest BCUT2D eigenvalue weighted by molar-refractivity contribution is 5.96. The average molecular weight is 289 g/mol. The molecule has 0 radical (unpaired) electrons. The van der Waals surface area contributed by atoms with Crippen molar-refractivity contribution in [1.29, 1.82) is 0 Å². The van der Waals surface area contributed by atoms with Gasteiger partial charge in [0, 0.05) is 17.3 Å². The Labute approximate surface area is 125 Å². The Balaban J connectivity index is 1.75. The van der Waals surface area contributed by atoms with E-state index in [1.54, 1.807) is 24.3 Å². The van der Waals surface area contributed by atoms with Crippen molar-refractivity contribution >= 4 is 17.5 Å². The fourth-order valence-corrected chi connectivity index (χ4v) is 2.74. The molecule has 4 N–H and O–H groups in total. The van der Waals surface area contributed by atoms with Gasteiger partial charge in [-0.05, 0) is 43.0 Å². The molecule has 0 spiro atoms. The second kappa shape index (κ2) is 7.11. The van der Waals surface area contributed by atoms with E-state index < -0.39 is 0 Å². The van der Waals surface area contributed by atoms with Gasteiger partial charge in [-0.3, -0.25) is 9.59 Å². The molecule has 0 saturated heterocycles. The third-order valence-electron chi connectivity index (χ3n) is 3.88. The van der Waals surface area contributed by atoms with Crippen molar-refractivity contribution in [3.05, 3.63) is 29.8 Å². The summed E-state index contributed by atoms with van der Waals surface area (Å²) in [7, 11) is 0. The molecule has 0 bridgehead atoms. The van der Waals surface area contributed by atoms with Crippen LogP contribution in [0.3, 0.4) is 0 Å². The molecule has 0 aromatic heterocycles. The first-order chi connectivity index (χ1) is 10.0. The lowest BCUT2D eigenvalue weighted by Crippen LogP contribution is -2.43. The summed E-state index contributed by atoms with van der Waals surface area (Å²) in [6, 6.07) is 6.86. The van der Waals surface area contributed by atoms with Gasteiger partial charge in [-0.15, -0.1) is 0 Å². The number of nitrogen functional groups attached to an aromatic ring is 1. The van der Waals surface area contributed by atoms with Crippen molar-refractivity contribution in [3.63, 3.8) is 0 Å². The molecule has 1 aliphatic carbocycles. The monoisotopic (exact) mass is 289 g/mol. The first-order valence-corrected chi connectivity index (χ1v) is 7.47. The minimum Gasteiger partial charge on any atom is -0.399 e. The van der Waals surface area contributed by atoms with Crippen LogP contribution in [0.4, 0.5) is 5.69 Å². The fraction of sp³-hybridized carbons (Fsp3) is 0.500. The van der Waals surface area contributed by atoms with Gasteiger partial charge in [-0.25, -0.2) is 0 Å². The number of benzene rings is 1. The maximum Gasteiger partial charge on any atom is 0.251 e. The molecule has 1 aromatic rings. The summed E-state index contributed by atoms with van der Waals surface area (Å²) >= 11 is 0. The summed E-state index contributed by atoms with van der Waals surface area (Å²) in [6.45, 7) is 2.22. The Hall–Kier alpha value is -2.04. The van der Waals surface area contributed by atoms with Gasteiger partial charge in [-0.1, -0.05) is 19.8 Å². The van der Waals surface area contributed by atoms with E-state index in [1.165, 1.54) is 6.42 Å². The zero-order chi connectivity index (χ0) is 15.2. The van der Waals surface area contributed by atoms with E-state index in [1.807, 2.05) is 0 Å². The lowest BCUT2D eigenvalue weighted by molar-refractivity contribution is -0.121. The number of anilines is 1. The lowest BCUT2D eigenvalue weighted by atomic mass is 9.87. The van der Waals surface area contributed by atoms with E-state index in [9.17, 15) is 9.59 Å². The number of hydrogen-bond donors (Lipinski definition) is 3. The molecule has 1 aromatic carbocycles. The minimum absolute atomic E-state index is 0.00803. The summed E-state index contributed by atoms with van der Waals surface area (Å²) in [5.74, 6) is 0.272. The SMILES string of the molecule is CC1CCCC(NC(=O)CNC(=O)c2ccc(N)cc2)C1. The summed E-state index contributed by atoms with van der Waals surface area (Å²) in [5, 5.41) is 5.62. The highest BCUT2D eigenvalue weighted by Gasteiger charge is 2.20. The molecule has 2 unspecified atom stereocenters. The number of carbonyl (C=O) groups is 2. The van der Waals surface area contributed by atoms with Crippen LogP contribution in [0.5, 0.6) is 0 Å². The minimum atomic E-state index is -0.262. The molecular formula is C16H23N3O2. The van der Waals surface area contributed by atoms with Crippen LogP contribution in [-0.2, 0) is 4.79 Å². The molecule has 5 heteroatoms. The van der Waals surface area contributed by atoms with Crippen molar-refractivity contribution in [3.8, 4) is 0 Å². The van der Waals surface area contributed by atoms with E-state index in [-0.39, 0.29) is 24.4 Å². The predicted molar refractivity (Wildman–Crippen MR) is 82.8 cm³/mol. The van der Waals surface area contributed by atoms with E-state index in [2.05, 4.69) is 17.6 Å². The maximum absolute atomic E-state index is 11.9. The van der Waals surface area contributed by atoms with E-state index in [4.69, 9.17) is 5.73 Å². The summed E-state index contributed by atoms with van der Waals surface area (Å²) in [4.78, 5) is 23.7. The number of hydrogen-bond acceptors (Lipinski definition) is 3. The Morgan fingerprint density at radius 3 is 2.62 bits per heavy atom. The van der Waals surface area contributed by atoms with Crippen LogP contribution in [0.2, 0.25) is 0 Å². The summed E-state index contributed by atoms with van der Waals surface area (Å²) in [5.41, 5.74) is 6.68. The van der Waals surface area contributed by atoms with Gasteiger partial charge in [0.15, 0.2) is 0 Å². The molecule has 0 aliphatic heterocycles. The largest absolute Gasteiger partial charge is 0.399 e. The normalized spacial score (nSPS) is 21.6. The van der Waals surface area contributed by atoms with Crippen LogP contribution in [0, 0.1) is 5.92 Å². The molecule has 21 heavy (non-hydrogen) atoms. The first-order valence-electron chi connectivity index (χ1n) is 7.47. The van der Waals surface area contributed by atoms with Crippen LogP contribution in [-0.4, -0.2) is 24.4 Å². The van der Waals surface area contributed by atoms with Crippen molar-refractivity contribution in [2.24, 2.45) is 5.92 Å². The quantitative estimate of drug-likeness (QED) is 0.738. The molecule has 114 valence electrons. The van der Waals surface area contributed by atoms with Gasteiger partial charge in [0.1, 0.15) is 0 Å². The van der Waals surface area contributed by atoms with Gasteiger partial charge in [0.05, 0.1) is 6.54 Å². The van der Waals surface area contributed by atoms with Gasteiger partial charge >= 0.3 is 0 Å². The van der Waals surface area contributed by atoms with E-state index >= 15 is 0 Å². The molecule has 0 heterocycles. The zero-order valence-corrected chi connectivity index (χ0v) is 12.4. The predicted octanol–water partition coefficient (Wildman–Crippen LogP) is 1.69. The van der Waals surface area contributed by atoms with Gasteiger partial charge < -0.3 is 16.4 Å². The molecular weight excluding hydrogens is 266 g/mol. The molecule has 1 aliphatic rings. The number of nitrogens with one attached hydrogen (secondary N) is 2. The summed E-state index contributed by atoms with van der Waals surface area (Å²) in [6.07, 6.45) is 4.45. The zero-order valence-electron chi connectivity index (χ0n) is 12.4. The molecule has 2 atom stereocenters. The average Bonchev–Trinajstić information content (AvgIpc) is 2.45. The Kier molecular flexibility index (Phi) is 5.20. The number of carbonyl (C=O) groups excluding carboxylic acids is 2. The third-order valence-corrected chi connectivity index (χ3v) is 3.88. The van der Waals surface area contributed by atoms with Crippen molar-refractivity contribution in [2.45, 2.75) is 38.6 Å². The number of nitrogens with two attached hydrogens (primary N) is 1. The van der Waals surface area contributed by atoms with Crippen LogP contribution in [0.1, 0.15) is 43.0 Å². The topological polar surface area (TPSA) is 84.2 Å². The second-order valence-electron chi connectivity index (χ2n) is 5.84. The Morgan fingerprint density at radius 1 is 1.24 bits per heavy atom. The van der Waals surface area contributed by atoms with E-state index in [0.29, 0.717) is 17.2 Å². The third kappa shape index (κ3) is 4.77. The van der Waals surface area contributed by atoms with Crippen molar-refractivity contribution < 1.29 is 9.59 Å². The Bertz CT molecular complexity index is 499. The molecule has 2 rings (SSSR count). The molecule has 5 nitrogen and oxygen atoms in total.